The molecule has 0 radical (unpaired) electrons. The summed E-state index contributed by atoms with van der Waals surface area (Å²) in [5, 5.41) is 14.7. The molecule has 6 nitrogen and oxygen atoms in total. The number of carboxylic acids is 1. The SMILES string of the molecule is Cc1csc(NC(=O)CN2[C@H](C(=O)O)C[C@H]3CCCC[C@@H]32)n1. The summed E-state index contributed by atoms with van der Waals surface area (Å²) in [7, 11) is 0. The molecule has 2 heterocycles. The normalized spacial score (nSPS) is 28.3. The van der Waals surface area contributed by atoms with Crippen LogP contribution in [0.5, 0.6) is 0 Å². The molecule has 1 aromatic rings. The van der Waals surface area contributed by atoms with E-state index in [9.17, 15) is 14.7 Å². The first-order valence-electron chi connectivity index (χ1n) is 7.75. The maximum absolute atomic E-state index is 12.2. The fourth-order valence-electron chi connectivity index (χ4n) is 3.76. The number of nitrogens with zero attached hydrogens (tertiary/aromatic N) is 2. The van der Waals surface area contributed by atoms with Crippen LogP contribution in [0, 0.1) is 12.8 Å². The Hall–Kier alpha value is -1.47. The lowest BCUT2D eigenvalue weighted by Gasteiger charge is -2.32. The summed E-state index contributed by atoms with van der Waals surface area (Å²) in [6, 6.07) is -0.296. The van der Waals surface area contributed by atoms with Gasteiger partial charge in [-0.1, -0.05) is 12.8 Å². The predicted octanol–water partition coefficient (Wildman–Crippen LogP) is 2.11. The molecule has 1 saturated heterocycles. The topological polar surface area (TPSA) is 82.5 Å². The Morgan fingerprint density at radius 3 is 2.91 bits per heavy atom. The molecule has 1 saturated carbocycles. The third kappa shape index (κ3) is 3.15. The van der Waals surface area contributed by atoms with E-state index in [1.165, 1.54) is 17.8 Å². The van der Waals surface area contributed by atoms with E-state index in [-0.39, 0.29) is 18.5 Å². The standard InChI is InChI=1S/C15H21N3O3S/c1-9-8-22-15(16-9)17-13(19)7-18-11-5-3-2-4-10(11)6-12(18)14(20)21/h8,10-12H,2-7H2,1H3,(H,20,21)(H,16,17,19)/t10-,11+,12+/m1/s1. The highest BCUT2D eigenvalue weighted by atomic mass is 32.1. The van der Waals surface area contributed by atoms with Crippen molar-refractivity contribution < 1.29 is 14.7 Å². The Morgan fingerprint density at radius 1 is 1.45 bits per heavy atom. The third-order valence-electron chi connectivity index (χ3n) is 4.70. The number of rotatable bonds is 4. The quantitative estimate of drug-likeness (QED) is 0.887. The molecule has 1 aromatic heterocycles. The molecule has 1 amide bonds. The molecule has 3 atom stereocenters. The molecule has 1 aliphatic heterocycles. The Bertz CT molecular complexity index is 574. The zero-order chi connectivity index (χ0) is 15.7. The van der Waals surface area contributed by atoms with Crippen LogP contribution in [0.1, 0.15) is 37.8 Å². The lowest BCUT2D eigenvalue weighted by molar-refractivity contribution is -0.143. The smallest absolute Gasteiger partial charge is 0.320 e. The molecule has 2 aliphatic rings. The Labute approximate surface area is 133 Å². The molecular formula is C15H21N3O3S. The number of carbonyl (C=O) groups is 2. The van der Waals surface area contributed by atoms with Gasteiger partial charge in [0.2, 0.25) is 5.91 Å². The van der Waals surface area contributed by atoms with E-state index in [0.717, 1.165) is 25.0 Å². The number of aliphatic carboxylic acids is 1. The molecule has 0 bridgehead atoms. The summed E-state index contributed by atoms with van der Waals surface area (Å²) in [5.41, 5.74) is 0.872. The van der Waals surface area contributed by atoms with Crippen LogP contribution < -0.4 is 5.32 Å². The van der Waals surface area contributed by atoms with Gasteiger partial charge in [-0.3, -0.25) is 14.5 Å². The van der Waals surface area contributed by atoms with Crippen LogP contribution in [-0.4, -0.2) is 45.5 Å². The van der Waals surface area contributed by atoms with Crippen LogP contribution in [-0.2, 0) is 9.59 Å². The average molecular weight is 323 g/mol. The number of carbonyl (C=O) groups excluding carboxylic acids is 1. The second-order valence-electron chi connectivity index (χ2n) is 6.22. The number of carboxylic acid groups (broad SMARTS) is 1. The van der Waals surface area contributed by atoms with Gasteiger partial charge in [0.1, 0.15) is 6.04 Å². The zero-order valence-electron chi connectivity index (χ0n) is 12.6. The van der Waals surface area contributed by atoms with Crippen molar-refractivity contribution >= 4 is 28.3 Å². The summed E-state index contributed by atoms with van der Waals surface area (Å²) in [6.45, 7) is 2.01. The molecule has 22 heavy (non-hydrogen) atoms. The van der Waals surface area contributed by atoms with Crippen molar-refractivity contribution in [3.05, 3.63) is 11.1 Å². The number of amides is 1. The number of fused-ring (bicyclic) bond motifs is 1. The largest absolute Gasteiger partial charge is 0.480 e. The molecular weight excluding hydrogens is 302 g/mol. The number of aryl methyl sites for hydroxylation is 1. The van der Waals surface area contributed by atoms with Gasteiger partial charge in [0, 0.05) is 11.4 Å². The van der Waals surface area contributed by atoms with Crippen molar-refractivity contribution in [1.29, 1.82) is 0 Å². The monoisotopic (exact) mass is 323 g/mol. The van der Waals surface area contributed by atoms with E-state index in [1.54, 1.807) is 0 Å². The van der Waals surface area contributed by atoms with Crippen molar-refractivity contribution in [2.45, 2.75) is 51.1 Å². The van der Waals surface area contributed by atoms with Gasteiger partial charge in [0.05, 0.1) is 12.2 Å². The molecule has 2 fully saturated rings. The van der Waals surface area contributed by atoms with Crippen molar-refractivity contribution in [2.75, 3.05) is 11.9 Å². The van der Waals surface area contributed by atoms with E-state index >= 15 is 0 Å². The van der Waals surface area contributed by atoms with Gasteiger partial charge < -0.3 is 10.4 Å². The highest BCUT2D eigenvalue weighted by Crippen LogP contribution is 2.39. The van der Waals surface area contributed by atoms with Gasteiger partial charge in [-0.25, -0.2) is 4.98 Å². The van der Waals surface area contributed by atoms with Gasteiger partial charge in [0.15, 0.2) is 5.13 Å². The Kier molecular flexibility index (Phi) is 4.44. The van der Waals surface area contributed by atoms with Gasteiger partial charge in [0.25, 0.3) is 0 Å². The number of anilines is 1. The van der Waals surface area contributed by atoms with Gasteiger partial charge in [-0.15, -0.1) is 11.3 Å². The van der Waals surface area contributed by atoms with E-state index in [4.69, 9.17) is 0 Å². The molecule has 0 unspecified atom stereocenters. The first-order valence-corrected chi connectivity index (χ1v) is 8.63. The first kappa shape index (κ1) is 15.4. The van der Waals surface area contributed by atoms with Crippen LogP contribution in [0.15, 0.2) is 5.38 Å². The lowest BCUT2D eigenvalue weighted by atomic mass is 9.85. The number of nitrogens with one attached hydrogen (secondary N) is 1. The maximum atomic E-state index is 12.2. The van der Waals surface area contributed by atoms with E-state index in [1.807, 2.05) is 17.2 Å². The summed E-state index contributed by atoms with van der Waals surface area (Å²) >= 11 is 1.39. The molecule has 3 rings (SSSR count). The van der Waals surface area contributed by atoms with Crippen molar-refractivity contribution in [3.8, 4) is 0 Å². The number of likely N-dealkylation sites (tertiary alicyclic amines) is 1. The highest BCUT2D eigenvalue weighted by molar-refractivity contribution is 7.13. The van der Waals surface area contributed by atoms with Crippen LogP contribution in [0.2, 0.25) is 0 Å². The molecule has 120 valence electrons. The van der Waals surface area contributed by atoms with Gasteiger partial charge in [-0.2, -0.15) is 0 Å². The molecule has 0 aromatic carbocycles. The minimum absolute atomic E-state index is 0.136. The van der Waals surface area contributed by atoms with Crippen molar-refractivity contribution in [2.24, 2.45) is 5.92 Å². The molecule has 2 N–H and O–H groups in total. The summed E-state index contributed by atoms with van der Waals surface area (Å²) in [5.74, 6) is -0.566. The van der Waals surface area contributed by atoms with Crippen LogP contribution >= 0.6 is 11.3 Å². The summed E-state index contributed by atoms with van der Waals surface area (Å²) in [4.78, 5) is 29.9. The minimum Gasteiger partial charge on any atom is -0.480 e. The molecule has 7 heteroatoms. The fourth-order valence-corrected chi connectivity index (χ4v) is 4.46. The lowest BCUT2D eigenvalue weighted by Crippen LogP contribution is -2.46. The van der Waals surface area contributed by atoms with Crippen LogP contribution in [0.4, 0.5) is 5.13 Å². The van der Waals surface area contributed by atoms with E-state index in [0.29, 0.717) is 17.5 Å². The fraction of sp³-hybridized carbons (Fsp3) is 0.667. The molecule has 1 aliphatic carbocycles. The van der Waals surface area contributed by atoms with E-state index in [2.05, 4.69) is 10.3 Å². The Balaban J connectivity index is 1.67. The summed E-state index contributed by atoms with van der Waals surface area (Å²) in [6.07, 6.45) is 5.04. The zero-order valence-corrected chi connectivity index (χ0v) is 13.4. The maximum Gasteiger partial charge on any atom is 0.320 e. The number of hydrogen-bond donors (Lipinski definition) is 2. The Morgan fingerprint density at radius 2 is 2.23 bits per heavy atom. The predicted molar refractivity (Wildman–Crippen MR) is 84.0 cm³/mol. The van der Waals surface area contributed by atoms with Crippen LogP contribution in [0.3, 0.4) is 0 Å². The highest BCUT2D eigenvalue weighted by Gasteiger charge is 2.45. The number of aromatic nitrogens is 1. The van der Waals surface area contributed by atoms with E-state index < -0.39 is 12.0 Å². The van der Waals surface area contributed by atoms with Crippen LogP contribution in [0.25, 0.3) is 0 Å². The second-order valence-corrected chi connectivity index (χ2v) is 7.07. The second kappa shape index (κ2) is 6.34. The van der Waals surface area contributed by atoms with Gasteiger partial charge >= 0.3 is 5.97 Å². The number of hydrogen-bond acceptors (Lipinski definition) is 5. The molecule has 0 spiro atoms. The van der Waals surface area contributed by atoms with Crippen molar-refractivity contribution in [3.63, 3.8) is 0 Å². The minimum atomic E-state index is -0.813. The first-order chi connectivity index (χ1) is 10.5. The van der Waals surface area contributed by atoms with Gasteiger partial charge in [-0.05, 0) is 32.1 Å². The summed E-state index contributed by atoms with van der Waals surface area (Å²) < 4.78 is 0. The number of thiazole rings is 1. The third-order valence-corrected chi connectivity index (χ3v) is 5.57. The average Bonchev–Trinajstić information content (AvgIpc) is 3.03. The van der Waals surface area contributed by atoms with Crippen molar-refractivity contribution in [1.82, 2.24) is 9.88 Å².